The molecule has 0 aliphatic heterocycles. The lowest BCUT2D eigenvalue weighted by atomic mass is 10.2. The fourth-order valence-corrected chi connectivity index (χ4v) is 1.78. The molecule has 0 spiro atoms. The van der Waals surface area contributed by atoms with Crippen molar-refractivity contribution in [1.82, 2.24) is 20.2 Å². The largest absolute Gasteiger partial charge is 0.334 e. The van der Waals surface area contributed by atoms with E-state index in [0.717, 1.165) is 16.0 Å². The van der Waals surface area contributed by atoms with E-state index in [-0.39, 0.29) is 0 Å². The van der Waals surface area contributed by atoms with Gasteiger partial charge in [0.25, 0.3) is 0 Å². The maximum absolute atomic E-state index is 11.9. The lowest BCUT2D eigenvalue weighted by molar-refractivity contribution is -0.115. The molecule has 0 aliphatic rings. The Bertz CT molecular complexity index is 575. The number of imide groups is 1. The van der Waals surface area contributed by atoms with E-state index in [1.165, 1.54) is 0 Å². The summed E-state index contributed by atoms with van der Waals surface area (Å²) in [6, 6.07) is 6.93. The van der Waals surface area contributed by atoms with Crippen LogP contribution in [0.3, 0.4) is 0 Å². The summed E-state index contributed by atoms with van der Waals surface area (Å²) < 4.78 is 0. The van der Waals surface area contributed by atoms with Gasteiger partial charge >= 0.3 is 6.03 Å². The fraction of sp³-hybridized carbons (Fsp3) is 0.200. The molecule has 0 bridgehead atoms. The van der Waals surface area contributed by atoms with Crippen LogP contribution in [0.25, 0.3) is 0 Å². The van der Waals surface area contributed by atoms with Gasteiger partial charge in [0.05, 0.1) is 0 Å². The molecule has 0 aliphatic carbocycles. The lowest BCUT2D eigenvalue weighted by Gasteiger charge is -2.16. The molecule has 0 saturated heterocycles. The zero-order chi connectivity index (χ0) is 14.9. The molecule has 6 heteroatoms. The maximum Gasteiger partial charge on any atom is 0.324 e. The van der Waals surface area contributed by atoms with Gasteiger partial charge in [0.15, 0.2) is 0 Å². The summed E-state index contributed by atoms with van der Waals surface area (Å²) in [6.07, 6.45) is 7.83. The van der Waals surface area contributed by atoms with Gasteiger partial charge < -0.3 is 5.32 Å². The van der Waals surface area contributed by atoms with Crippen LogP contribution in [-0.2, 0) is 17.8 Å². The van der Waals surface area contributed by atoms with E-state index in [4.69, 9.17) is 0 Å². The second-order valence-corrected chi connectivity index (χ2v) is 4.42. The Morgan fingerprint density at radius 2 is 1.62 bits per heavy atom. The van der Waals surface area contributed by atoms with Gasteiger partial charge in [-0.15, -0.1) is 0 Å². The molecule has 6 nitrogen and oxygen atoms in total. The van der Waals surface area contributed by atoms with Crippen LogP contribution in [0.5, 0.6) is 0 Å². The SMILES string of the molecule is O=CN(CCc1ccncc1)C(=O)NCc1ccncc1. The van der Waals surface area contributed by atoms with Crippen molar-refractivity contribution in [3.63, 3.8) is 0 Å². The number of carbonyl (C=O) groups excluding carboxylic acids is 2. The van der Waals surface area contributed by atoms with Gasteiger partial charge in [-0.3, -0.25) is 19.7 Å². The Hall–Kier alpha value is -2.76. The Morgan fingerprint density at radius 3 is 2.19 bits per heavy atom. The number of carbonyl (C=O) groups is 2. The average molecular weight is 284 g/mol. The molecule has 3 amide bonds. The topological polar surface area (TPSA) is 75.2 Å². The highest BCUT2D eigenvalue weighted by Gasteiger charge is 2.11. The minimum absolute atomic E-state index is 0.329. The standard InChI is InChI=1S/C15H16N4O2/c20-12-19(10-5-13-1-6-16-7-2-13)15(21)18-11-14-3-8-17-9-4-14/h1-4,6-9,12H,5,10-11H2,(H,18,21). The molecule has 0 aromatic carbocycles. The molecule has 2 rings (SSSR count). The quantitative estimate of drug-likeness (QED) is 0.813. The lowest BCUT2D eigenvalue weighted by Crippen LogP contribution is -2.39. The number of amides is 3. The molecule has 0 radical (unpaired) electrons. The predicted molar refractivity (Wildman–Crippen MR) is 77.2 cm³/mol. The van der Waals surface area contributed by atoms with E-state index in [0.29, 0.717) is 25.9 Å². The highest BCUT2D eigenvalue weighted by atomic mass is 16.2. The van der Waals surface area contributed by atoms with Crippen LogP contribution in [0.2, 0.25) is 0 Å². The van der Waals surface area contributed by atoms with Crippen LogP contribution in [-0.4, -0.2) is 33.9 Å². The van der Waals surface area contributed by atoms with Crippen molar-refractivity contribution in [2.24, 2.45) is 0 Å². The number of rotatable bonds is 6. The summed E-state index contributed by atoms with van der Waals surface area (Å²) in [5, 5.41) is 2.70. The van der Waals surface area contributed by atoms with Gasteiger partial charge in [0.1, 0.15) is 0 Å². The first-order valence-corrected chi connectivity index (χ1v) is 6.57. The minimum Gasteiger partial charge on any atom is -0.334 e. The predicted octanol–water partition coefficient (Wildman–Crippen LogP) is 1.39. The van der Waals surface area contributed by atoms with Gasteiger partial charge in [-0.1, -0.05) is 0 Å². The third-order valence-corrected chi connectivity index (χ3v) is 2.97. The molecule has 108 valence electrons. The second-order valence-electron chi connectivity index (χ2n) is 4.42. The van der Waals surface area contributed by atoms with Crippen molar-refractivity contribution < 1.29 is 9.59 Å². The smallest absolute Gasteiger partial charge is 0.324 e. The van der Waals surface area contributed by atoms with E-state index >= 15 is 0 Å². The molecule has 2 aromatic heterocycles. The van der Waals surface area contributed by atoms with Crippen LogP contribution in [0.4, 0.5) is 4.79 Å². The summed E-state index contributed by atoms with van der Waals surface area (Å²) in [5.41, 5.74) is 1.96. The maximum atomic E-state index is 11.9. The summed E-state index contributed by atoms with van der Waals surface area (Å²) in [4.78, 5) is 31.9. The number of urea groups is 1. The summed E-state index contributed by atoms with van der Waals surface area (Å²) >= 11 is 0. The zero-order valence-electron chi connectivity index (χ0n) is 11.5. The minimum atomic E-state index is -0.407. The number of hydrogen-bond acceptors (Lipinski definition) is 4. The summed E-state index contributed by atoms with van der Waals surface area (Å²) in [6.45, 7) is 0.691. The zero-order valence-corrected chi connectivity index (χ0v) is 11.5. The van der Waals surface area contributed by atoms with E-state index in [1.807, 2.05) is 24.3 Å². The number of aromatic nitrogens is 2. The van der Waals surface area contributed by atoms with E-state index in [2.05, 4.69) is 15.3 Å². The average Bonchev–Trinajstić information content (AvgIpc) is 2.55. The summed E-state index contributed by atoms with van der Waals surface area (Å²) in [7, 11) is 0. The normalized spacial score (nSPS) is 9.90. The van der Waals surface area contributed by atoms with Gasteiger partial charge in [-0.25, -0.2) is 4.79 Å². The Kier molecular flexibility index (Phi) is 5.40. The van der Waals surface area contributed by atoms with Crippen molar-refractivity contribution in [3.05, 3.63) is 60.2 Å². The molecule has 2 aromatic rings. The Labute approximate surface area is 122 Å². The van der Waals surface area contributed by atoms with E-state index in [1.54, 1.807) is 24.8 Å². The molecule has 2 heterocycles. The van der Waals surface area contributed by atoms with Gasteiger partial charge in [0.2, 0.25) is 6.41 Å². The number of nitrogens with one attached hydrogen (secondary N) is 1. The fourth-order valence-electron chi connectivity index (χ4n) is 1.78. The highest BCUT2D eigenvalue weighted by Crippen LogP contribution is 2.00. The number of hydrogen-bond donors (Lipinski definition) is 1. The number of nitrogens with zero attached hydrogens (tertiary/aromatic N) is 3. The highest BCUT2D eigenvalue weighted by molar-refractivity contribution is 5.84. The third kappa shape index (κ3) is 4.68. The molecule has 1 N–H and O–H groups in total. The molecule has 0 unspecified atom stereocenters. The Morgan fingerprint density at radius 1 is 1.05 bits per heavy atom. The monoisotopic (exact) mass is 284 g/mol. The molecule has 0 saturated carbocycles. The molecule has 0 fully saturated rings. The van der Waals surface area contributed by atoms with E-state index < -0.39 is 6.03 Å². The first-order valence-electron chi connectivity index (χ1n) is 6.57. The first kappa shape index (κ1) is 14.6. The van der Waals surface area contributed by atoms with Crippen LogP contribution < -0.4 is 5.32 Å². The van der Waals surface area contributed by atoms with Crippen LogP contribution in [0.15, 0.2) is 49.1 Å². The van der Waals surface area contributed by atoms with Crippen molar-refractivity contribution in [2.75, 3.05) is 6.54 Å². The Balaban J connectivity index is 1.82. The molecule has 0 atom stereocenters. The molecular weight excluding hydrogens is 268 g/mol. The van der Waals surface area contributed by atoms with Gasteiger partial charge in [-0.2, -0.15) is 0 Å². The van der Waals surface area contributed by atoms with Crippen LogP contribution in [0.1, 0.15) is 11.1 Å². The van der Waals surface area contributed by atoms with Crippen molar-refractivity contribution >= 4 is 12.4 Å². The first-order chi connectivity index (χ1) is 10.3. The third-order valence-electron chi connectivity index (χ3n) is 2.97. The van der Waals surface area contributed by atoms with Gasteiger partial charge in [0, 0.05) is 37.9 Å². The van der Waals surface area contributed by atoms with Gasteiger partial charge in [-0.05, 0) is 41.8 Å². The van der Waals surface area contributed by atoms with Crippen molar-refractivity contribution in [1.29, 1.82) is 0 Å². The van der Waals surface area contributed by atoms with E-state index in [9.17, 15) is 9.59 Å². The van der Waals surface area contributed by atoms with Crippen molar-refractivity contribution in [3.8, 4) is 0 Å². The summed E-state index contributed by atoms with van der Waals surface area (Å²) in [5.74, 6) is 0. The molecular formula is C15H16N4O2. The molecule has 21 heavy (non-hydrogen) atoms. The van der Waals surface area contributed by atoms with Crippen LogP contribution >= 0.6 is 0 Å². The van der Waals surface area contributed by atoms with Crippen LogP contribution in [0, 0.1) is 0 Å². The number of pyridine rings is 2. The second kappa shape index (κ2) is 7.74. The van der Waals surface area contributed by atoms with Crippen molar-refractivity contribution in [2.45, 2.75) is 13.0 Å².